The highest BCUT2D eigenvalue weighted by molar-refractivity contribution is 7.00. The number of cyclic esters (lactones) is 1. The third-order valence-electron chi connectivity index (χ3n) is 6.34. The van der Waals surface area contributed by atoms with Crippen molar-refractivity contribution in [3.8, 4) is 0 Å². The molecule has 3 aromatic carbocycles. The topological polar surface area (TPSA) is 72.3 Å². The van der Waals surface area contributed by atoms with Gasteiger partial charge in [-0.2, -0.15) is 8.75 Å². The van der Waals surface area contributed by atoms with Gasteiger partial charge in [-0.25, -0.2) is 4.79 Å². The van der Waals surface area contributed by atoms with Gasteiger partial charge in [0.25, 0.3) is 5.79 Å². The summed E-state index contributed by atoms with van der Waals surface area (Å²) in [6.07, 6.45) is 0.364. The van der Waals surface area contributed by atoms with Crippen LogP contribution in [0.25, 0.3) is 16.6 Å². The van der Waals surface area contributed by atoms with E-state index >= 15 is 0 Å². The molecule has 0 amide bonds. The lowest BCUT2D eigenvalue weighted by atomic mass is 9.84. The van der Waals surface area contributed by atoms with Crippen molar-refractivity contribution in [3.63, 3.8) is 0 Å². The maximum absolute atomic E-state index is 13.2. The van der Waals surface area contributed by atoms with Crippen LogP contribution in [-0.2, 0) is 27.2 Å². The molecule has 0 spiro atoms. The number of fused-ring (bicyclic) bond motifs is 1. The Labute approximate surface area is 203 Å². The van der Waals surface area contributed by atoms with Crippen LogP contribution in [0, 0.1) is 6.92 Å². The van der Waals surface area contributed by atoms with Crippen LogP contribution >= 0.6 is 11.7 Å². The maximum Gasteiger partial charge on any atom is 0.342 e. The van der Waals surface area contributed by atoms with E-state index in [2.05, 4.69) is 53.8 Å². The zero-order chi connectivity index (χ0) is 24.1. The van der Waals surface area contributed by atoms with E-state index in [1.165, 1.54) is 5.56 Å². The fourth-order valence-electron chi connectivity index (χ4n) is 4.32. The normalized spacial score (nSPS) is 18.6. The summed E-state index contributed by atoms with van der Waals surface area (Å²) in [7, 11) is 0. The highest BCUT2D eigenvalue weighted by Crippen LogP contribution is 2.45. The zero-order valence-corrected chi connectivity index (χ0v) is 20.4. The average molecular weight is 471 g/mol. The van der Waals surface area contributed by atoms with E-state index in [0.29, 0.717) is 34.2 Å². The standard InChI is InChI=1S/C28H26N2O3S/c1-17-5-10-21(11-6-17)28(32)22(15-18-7-12-20(13-8-18)27(2,3)4)25(26(31)33-28)19-9-14-23-24(16-19)30-34-29-23/h5-14,16,32H,15H2,1-4H3. The first-order chi connectivity index (χ1) is 16.1. The second-order valence-corrected chi connectivity index (χ2v) is 10.4. The van der Waals surface area contributed by atoms with E-state index < -0.39 is 11.8 Å². The van der Waals surface area contributed by atoms with Crippen LogP contribution in [0.5, 0.6) is 0 Å². The Morgan fingerprint density at radius 2 is 1.62 bits per heavy atom. The molecule has 1 atom stereocenters. The summed E-state index contributed by atoms with van der Waals surface area (Å²) in [5.41, 5.74) is 6.87. The molecule has 1 aliphatic heterocycles. The molecule has 0 radical (unpaired) electrons. The Balaban J connectivity index is 1.66. The first kappa shape index (κ1) is 22.4. The highest BCUT2D eigenvalue weighted by Gasteiger charge is 2.48. The molecule has 5 rings (SSSR count). The van der Waals surface area contributed by atoms with Crippen molar-refractivity contribution >= 4 is 34.3 Å². The van der Waals surface area contributed by atoms with E-state index in [0.717, 1.165) is 28.4 Å². The van der Waals surface area contributed by atoms with Crippen LogP contribution in [0.1, 0.15) is 48.6 Å². The Kier molecular flexibility index (Phi) is 5.38. The van der Waals surface area contributed by atoms with Crippen molar-refractivity contribution in [2.24, 2.45) is 0 Å². The summed E-state index contributed by atoms with van der Waals surface area (Å²) in [6.45, 7) is 8.49. The predicted molar refractivity (Wildman–Crippen MR) is 134 cm³/mol. The smallest absolute Gasteiger partial charge is 0.342 e. The number of carbonyl (C=O) groups excluding carboxylic acids is 1. The molecule has 0 saturated carbocycles. The lowest BCUT2D eigenvalue weighted by Gasteiger charge is -2.26. The summed E-state index contributed by atoms with van der Waals surface area (Å²) in [5, 5.41) is 11.8. The van der Waals surface area contributed by atoms with Crippen LogP contribution in [0.4, 0.5) is 0 Å². The molecule has 34 heavy (non-hydrogen) atoms. The van der Waals surface area contributed by atoms with Gasteiger partial charge >= 0.3 is 5.97 Å². The fourth-order valence-corrected chi connectivity index (χ4v) is 4.83. The molecule has 5 nitrogen and oxygen atoms in total. The van der Waals surface area contributed by atoms with E-state index in [4.69, 9.17) is 4.74 Å². The van der Waals surface area contributed by atoms with Gasteiger partial charge in [-0.15, -0.1) is 0 Å². The maximum atomic E-state index is 13.2. The van der Waals surface area contributed by atoms with Gasteiger partial charge in [-0.05, 0) is 41.2 Å². The van der Waals surface area contributed by atoms with Gasteiger partial charge in [-0.3, -0.25) is 0 Å². The number of aliphatic hydroxyl groups is 1. The number of hydrogen-bond donors (Lipinski definition) is 1. The average Bonchev–Trinajstić information content (AvgIpc) is 3.36. The van der Waals surface area contributed by atoms with Gasteiger partial charge in [0.2, 0.25) is 0 Å². The first-order valence-electron chi connectivity index (χ1n) is 11.2. The molecule has 0 fully saturated rings. The van der Waals surface area contributed by atoms with E-state index in [-0.39, 0.29) is 5.41 Å². The van der Waals surface area contributed by atoms with Crippen molar-refractivity contribution in [2.75, 3.05) is 0 Å². The van der Waals surface area contributed by atoms with Gasteiger partial charge in [0, 0.05) is 17.6 Å². The molecular weight excluding hydrogens is 444 g/mol. The monoisotopic (exact) mass is 470 g/mol. The van der Waals surface area contributed by atoms with Crippen molar-refractivity contribution in [1.82, 2.24) is 8.75 Å². The van der Waals surface area contributed by atoms with Crippen molar-refractivity contribution in [3.05, 3.63) is 100 Å². The summed E-state index contributed by atoms with van der Waals surface area (Å²) < 4.78 is 14.3. The molecule has 1 aliphatic rings. The number of benzene rings is 3. The minimum Gasteiger partial charge on any atom is -0.421 e. The number of aryl methyl sites for hydroxylation is 1. The van der Waals surface area contributed by atoms with Gasteiger partial charge in [-0.1, -0.05) is 80.9 Å². The third kappa shape index (κ3) is 3.93. The molecule has 4 aromatic rings. The minimum atomic E-state index is -1.85. The Hall–Kier alpha value is -3.35. The number of aromatic nitrogens is 2. The molecular formula is C28H26N2O3S. The van der Waals surface area contributed by atoms with Gasteiger partial charge in [0.05, 0.1) is 17.3 Å². The number of esters is 1. The molecule has 0 bridgehead atoms. The molecule has 6 heteroatoms. The molecule has 0 saturated heterocycles. The second-order valence-electron chi connectivity index (χ2n) is 9.84. The van der Waals surface area contributed by atoms with Gasteiger partial charge in [0.15, 0.2) is 0 Å². The molecule has 172 valence electrons. The first-order valence-corrected chi connectivity index (χ1v) is 12.0. The van der Waals surface area contributed by atoms with Crippen LogP contribution < -0.4 is 0 Å². The lowest BCUT2D eigenvalue weighted by Crippen LogP contribution is -2.29. The highest BCUT2D eigenvalue weighted by atomic mass is 32.1. The number of nitrogens with zero attached hydrogens (tertiary/aromatic N) is 2. The Bertz CT molecular complexity index is 1410. The summed E-state index contributed by atoms with van der Waals surface area (Å²) >= 11 is 1.13. The van der Waals surface area contributed by atoms with E-state index in [1.807, 2.05) is 49.4 Å². The Morgan fingerprint density at radius 3 is 2.29 bits per heavy atom. The number of rotatable bonds is 4. The quantitative estimate of drug-likeness (QED) is 0.388. The molecule has 1 aromatic heterocycles. The van der Waals surface area contributed by atoms with E-state index in [9.17, 15) is 9.90 Å². The van der Waals surface area contributed by atoms with Crippen molar-refractivity contribution in [1.29, 1.82) is 0 Å². The van der Waals surface area contributed by atoms with E-state index in [1.54, 1.807) is 0 Å². The number of carbonyl (C=O) groups is 1. The molecule has 2 heterocycles. The fraction of sp³-hybridized carbons (Fsp3) is 0.250. The summed E-state index contributed by atoms with van der Waals surface area (Å²) in [4.78, 5) is 13.2. The minimum absolute atomic E-state index is 0.0367. The number of hydrogen-bond acceptors (Lipinski definition) is 6. The van der Waals surface area contributed by atoms with Crippen LogP contribution in [0.2, 0.25) is 0 Å². The number of ether oxygens (including phenoxy) is 1. The molecule has 1 N–H and O–H groups in total. The molecule has 1 unspecified atom stereocenters. The van der Waals surface area contributed by atoms with Gasteiger partial charge in [0.1, 0.15) is 11.0 Å². The second kappa shape index (κ2) is 8.15. The lowest BCUT2D eigenvalue weighted by molar-refractivity contribution is -0.185. The van der Waals surface area contributed by atoms with Crippen LogP contribution in [-0.4, -0.2) is 19.8 Å². The van der Waals surface area contributed by atoms with Gasteiger partial charge < -0.3 is 9.84 Å². The summed E-state index contributed by atoms with van der Waals surface area (Å²) in [6, 6.07) is 21.2. The van der Waals surface area contributed by atoms with Crippen molar-refractivity contribution < 1.29 is 14.6 Å². The summed E-state index contributed by atoms with van der Waals surface area (Å²) in [5.74, 6) is -2.40. The van der Waals surface area contributed by atoms with Crippen LogP contribution in [0.15, 0.2) is 72.3 Å². The largest absolute Gasteiger partial charge is 0.421 e. The third-order valence-corrected chi connectivity index (χ3v) is 6.90. The SMILES string of the molecule is Cc1ccc(C2(O)OC(=O)C(c3ccc4nsnc4c3)=C2Cc2ccc(C(C)(C)C)cc2)cc1. The Morgan fingerprint density at radius 1 is 0.941 bits per heavy atom. The zero-order valence-electron chi connectivity index (χ0n) is 19.6. The predicted octanol–water partition coefficient (Wildman–Crippen LogP) is 5.70. The van der Waals surface area contributed by atoms with Crippen molar-refractivity contribution in [2.45, 2.75) is 45.3 Å². The van der Waals surface area contributed by atoms with Crippen LogP contribution in [0.3, 0.4) is 0 Å². The molecule has 0 aliphatic carbocycles.